The van der Waals surface area contributed by atoms with Crippen molar-refractivity contribution < 1.29 is 9.21 Å². The van der Waals surface area contributed by atoms with Crippen LogP contribution >= 0.6 is 0 Å². The number of fused-ring (bicyclic) bond motifs is 1. The molecule has 0 aliphatic carbocycles. The van der Waals surface area contributed by atoms with Gasteiger partial charge in [0, 0.05) is 42.9 Å². The van der Waals surface area contributed by atoms with Crippen LogP contribution in [0.3, 0.4) is 0 Å². The predicted molar refractivity (Wildman–Crippen MR) is 104 cm³/mol. The van der Waals surface area contributed by atoms with Crippen LogP contribution in [0.2, 0.25) is 0 Å². The van der Waals surface area contributed by atoms with Gasteiger partial charge in [0.1, 0.15) is 5.58 Å². The zero-order chi connectivity index (χ0) is 18.7. The number of carbonyl (C=O) groups excluding carboxylic acids is 1. The lowest BCUT2D eigenvalue weighted by Crippen LogP contribution is -2.30. The van der Waals surface area contributed by atoms with E-state index in [9.17, 15) is 4.79 Å². The number of aryl methyl sites for hydroxylation is 1. The molecule has 0 saturated heterocycles. The number of rotatable bonds is 6. The van der Waals surface area contributed by atoms with Crippen molar-refractivity contribution in [3.05, 3.63) is 65.2 Å². The molecule has 0 aliphatic heterocycles. The molecule has 0 aliphatic rings. The Kier molecular flexibility index (Phi) is 5.40. The number of nitrogens with zero attached hydrogens (tertiary/aromatic N) is 2. The smallest absolute Gasteiger partial charge is 0.226 e. The molecule has 0 N–H and O–H groups in total. The number of likely N-dealkylation sites (N-methyl/N-ethyl adjacent to an activating group) is 1. The summed E-state index contributed by atoms with van der Waals surface area (Å²) < 4.78 is 5.69. The lowest BCUT2D eigenvalue weighted by Gasteiger charge is -2.16. The molecule has 136 valence electrons. The van der Waals surface area contributed by atoms with Gasteiger partial charge in [-0.3, -0.25) is 9.78 Å². The van der Waals surface area contributed by atoms with Crippen molar-refractivity contribution in [2.75, 3.05) is 13.6 Å². The SMILES string of the molecule is Cc1cc2occ(CC(=O)N(C)CCc3ccccn3)c2cc1C(C)C. The summed E-state index contributed by atoms with van der Waals surface area (Å²) in [5, 5.41) is 1.05. The van der Waals surface area contributed by atoms with E-state index in [2.05, 4.69) is 37.9 Å². The molecule has 0 bridgehead atoms. The molecule has 3 aromatic rings. The van der Waals surface area contributed by atoms with Gasteiger partial charge in [-0.05, 0) is 48.2 Å². The number of aromatic nitrogens is 1. The molecule has 0 radical (unpaired) electrons. The van der Waals surface area contributed by atoms with Gasteiger partial charge in [-0.15, -0.1) is 0 Å². The summed E-state index contributed by atoms with van der Waals surface area (Å²) in [4.78, 5) is 18.7. The number of furan rings is 1. The van der Waals surface area contributed by atoms with Crippen LogP contribution in [0.15, 0.2) is 47.2 Å². The summed E-state index contributed by atoms with van der Waals surface area (Å²) in [5.41, 5.74) is 5.34. The Morgan fingerprint density at radius 1 is 1.27 bits per heavy atom. The molecule has 4 heteroatoms. The van der Waals surface area contributed by atoms with Crippen LogP contribution in [-0.4, -0.2) is 29.4 Å². The minimum absolute atomic E-state index is 0.0929. The number of pyridine rings is 1. The lowest BCUT2D eigenvalue weighted by atomic mass is 9.95. The van der Waals surface area contributed by atoms with Crippen molar-refractivity contribution in [1.29, 1.82) is 0 Å². The van der Waals surface area contributed by atoms with Crippen molar-refractivity contribution in [1.82, 2.24) is 9.88 Å². The van der Waals surface area contributed by atoms with Crippen LogP contribution in [0.25, 0.3) is 11.0 Å². The zero-order valence-corrected chi connectivity index (χ0v) is 16.0. The summed E-state index contributed by atoms with van der Waals surface area (Å²) in [6, 6.07) is 10.1. The van der Waals surface area contributed by atoms with Crippen molar-refractivity contribution in [2.24, 2.45) is 0 Å². The first-order chi connectivity index (χ1) is 12.5. The van der Waals surface area contributed by atoms with Crippen molar-refractivity contribution in [3.63, 3.8) is 0 Å². The van der Waals surface area contributed by atoms with Gasteiger partial charge in [0.05, 0.1) is 12.7 Å². The number of hydrogen-bond acceptors (Lipinski definition) is 3. The Morgan fingerprint density at radius 3 is 2.77 bits per heavy atom. The minimum Gasteiger partial charge on any atom is -0.464 e. The molecule has 0 atom stereocenters. The summed E-state index contributed by atoms with van der Waals surface area (Å²) in [7, 11) is 1.84. The summed E-state index contributed by atoms with van der Waals surface area (Å²) in [5.74, 6) is 0.536. The molecule has 3 rings (SSSR count). The highest BCUT2D eigenvalue weighted by molar-refractivity contribution is 5.88. The van der Waals surface area contributed by atoms with Gasteiger partial charge in [-0.1, -0.05) is 19.9 Å². The topological polar surface area (TPSA) is 46.3 Å². The highest BCUT2D eigenvalue weighted by Gasteiger charge is 2.16. The third kappa shape index (κ3) is 3.96. The Morgan fingerprint density at radius 2 is 2.08 bits per heavy atom. The summed E-state index contributed by atoms with van der Waals surface area (Å²) in [6.45, 7) is 7.13. The van der Waals surface area contributed by atoms with E-state index >= 15 is 0 Å². The highest BCUT2D eigenvalue weighted by atomic mass is 16.3. The van der Waals surface area contributed by atoms with Crippen LogP contribution in [-0.2, 0) is 17.6 Å². The monoisotopic (exact) mass is 350 g/mol. The summed E-state index contributed by atoms with van der Waals surface area (Å²) in [6.07, 6.45) is 4.61. The van der Waals surface area contributed by atoms with Gasteiger partial charge in [-0.2, -0.15) is 0 Å². The lowest BCUT2D eigenvalue weighted by molar-refractivity contribution is -0.129. The van der Waals surface area contributed by atoms with Crippen LogP contribution in [0.1, 0.15) is 42.1 Å². The maximum absolute atomic E-state index is 12.6. The zero-order valence-electron chi connectivity index (χ0n) is 16.0. The van der Waals surface area contributed by atoms with Gasteiger partial charge in [0.15, 0.2) is 0 Å². The molecule has 2 heterocycles. The fourth-order valence-corrected chi connectivity index (χ4v) is 3.25. The van der Waals surface area contributed by atoms with Gasteiger partial charge in [-0.25, -0.2) is 0 Å². The molecular weight excluding hydrogens is 324 g/mol. The van der Waals surface area contributed by atoms with E-state index in [0.717, 1.165) is 28.6 Å². The van der Waals surface area contributed by atoms with E-state index in [0.29, 0.717) is 18.9 Å². The van der Waals surface area contributed by atoms with Crippen molar-refractivity contribution in [3.8, 4) is 0 Å². The molecule has 0 unspecified atom stereocenters. The second-order valence-corrected chi connectivity index (χ2v) is 7.18. The molecule has 1 aromatic carbocycles. The van der Waals surface area contributed by atoms with E-state index in [-0.39, 0.29) is 5.91 Å². The predicted octanol–water partition coefficient (Wildman–Crippen LogP) is 4.50. The first-order valence-corrected chi connectivity index (χ1v) is 9.10. The molecule has 4 nitrogen and oxygen atoms in total. The Hall–Kier alpha value is -2.62. The minimum atomic E-state index is 0.0929. The first kappa shape index (κ1) is 18.2. The maximum atomic E-state index is 12.6. The highest BCUT2D eigenvalue weighted by Crippen LogP contribution is 2.29. The van der Waals surface area contributed by atoms with Crippen LogP contribution in [0, 0.1) is 6.92 Å². The third-order valence-electron chi connectivity index (χ3n) is 4.86. The van der Waals surface area contributed by atoms with Crippen molar-refractivity contribution in [2.45, 2.75) is 39.5 Å². The third-order valence-corrected chi connectivity index (χ3v) is 4.86. The molecule has 0 spiro atoms. The van der Waals surface area contributed by atoms with E-state index in [4.69, 9.17) is 4.42 Å². The number of benzene rings is 1. The quantitative estimate of drug-likeness (QED) is 0.657. The van der Waals surface area contributed by atoms with Crippen LogP contribution in [0.5, 0.6) is 0 Å². The molecule has 0 saturated carbocycles. The van der Waals surface area contributed by atoms with Gasteiger partial charge < -0.3 is 9.32 Å². The molecule has 2 aromatic heterocycles. The van der Waals surface area contributed by atoms with Gasteiger partial charge >= 0.3 is 0 Å². The van der Waals surface area contributed by atoms with Gasteiger partial charge in [0.25, 0.3) is 0 Å². The fourth-order valence-electron chi connectivity index (χ4n) is 3.25. The Bertz CT molecular complexity index is 897. The summed E-state index contributed by atoms with van der Waals surface area (Å²) >= 11 is 0. The first-order valence-electron chi connectivity index (χ1n) is 9.10. The van der Waals surface area contributed by atoms with E-state index in [1.165, 1.54) is 11.1 Å². The van der Waals surface area contributed by atoms with Crippen molar-refractivity contribution >= 4 is 16.9 Å². The second kappa shape index (κ2) is 7.73. The Labute approximate surface area is 154 Å². The molecule has 26 heavy (non-hydrogen) atoms. The van der Waals surface area contributed by atoms with E-state index in [1.807, 2.05) is 25.2 Å². The maximum Gasteiger partial charge on any atom is 0.226 e. The van der Waals surface area contributed by atoms with Crippen LogP contribution in [0.4, 0.5) is 0 Å². The molecule has 0 fully saturated rings. The molecule has 1 amide bonds. The number of carbonyl (C=O) groups is 1. The number of amides is 1. The average Bonchev–Trinajstić information content (AvgIpc) is 3.01. The normalized spacial score (nSPS) is 11.3. The molecular formula is C22H26N2O2. The second-order valence-electron chi connectivity index (χ2n) is 7.18. The number of hydrogen-bond donors (Lipinski definition) is 0. The Balaban J connectivity index is 1.71. The average molecular weight is 350 g/mol. The van der Waals surface area contributed by atoms with Gasteiger partial charge in [0.2, 0.25) is 5.91 Å². The standard InChI is InChI=1S/C22H26N2O2/c1-15(2)19-13-20-17(14-26-21(20)11-16(19)3)12-22(25)24(4)10-8-18-7-5-6-9-23-18/h5-7,9,11,13-15H,8,10,12H2,1-4H3. The van der Waals surface area contributed by atoms with E-state index < -0.39 is 0 Å². The van der Waals surface area contributed by atoms with E-state index in [1.54, 1.807) is 17.4 Å². The largest absolute Gasteiger partial charge is 0.464 e. The van der Waals surface area contributed by atoms with Crippen LogP contribution < -0.4 is 0 Å². The fraction of sp³-hybridized carbons (Fsp3) is 0.364.